The molecule has 0 aromatic carbocycles. The second kappa shape index (κ2) is 7.81. The maximum atomic E-state index is 13.1. The molecule has 7 nitrogen and oxygen atoms in total. The van der Waals surface area contributed by atoms with Crippen LogP contribution in [0.3, 0.4) is 0 Å². The molecule has 2 rings (SSSR count). The van der Waals surface area contributed by atoms with Crippen LogP contribution >= 0.6 is 11.3 Å². The van der Waals surface area contributed by atoms with Crippen LogP contribution in [-0.4, -0.2) is 69.7 Å². The fraction of sp³-hybridized carbons (Fsp3) is 0.500. The Morgan fingerprint density at radius 3 is 2.48 bits per heavy atom. The number of allylic oxidation sites excluding steroid dienone is 2. The van der Waals surface area contributed by atoms with Crippen LogP contribution in [0.2, 0.25) is 0 Å². The first kappa shape index (κ1) is 19.8. The Hall–Kier alpha value is -1.50. The molecule has 0 bridgehead atoms. The van der Waals surface area contributed by atoms with Crippen LogP contribution < -0.4 is 0 Å². The number of carbonyl (C=O) groups excluding carboxylic acids is 1. The summed E-state index contributed by atoms with van der Waals surface area (Å²) in [6.07, 6.45) is -14.0. The predicted molar refractivity (Wildman–Crippen MR) is 77.6 cm³/mol. The molecule has 2 heterocycles. The standard InChI is InChI=1S/C14H15F3O7S/c15-14(16,17)9(4-6(19)8-2-1-3-25-8)24-13-12(22)11(21)10(20)7(5-18)23-13/h1-4,7,10-13,18,20-22H,5H2/t7-,10+,11+,12-,13?/m1/s1. The van der Waals surface area contributed by atoms with Gasteiger partial charge in [-0.05, 0) is 11.4 Å². The third kappa shape index (κ3) is 4.57. The zero-order valence-electron chi connectivity index (χ0n) is 12.5. The lowest BCUT2D eigenvalue weighted by Gasteiger charge is -2.39. The van der Waals surface area contributed by atoms with Gasteiger partial charge < -0.3 is 29.9 Å². The summed E-state index contributed by atoms with van der Waals surface area (Å²) < 4.78 is 48.7. The zero-order valence-corrected chi connectivity index (χ0v) is 13.3. The third-order valence-corrected chi connectivity index (χ3v) is 4.28. The van der Waals surface area contributed by atoms with Crippen molar-refractivity contribution in [2.75, 3.05) is 6.61 Å². The molecule has 0 radical (unpaired) electrons. The topological polar surface area (TPSA) is 116 Å². The van der Waals surface area contributed by atoms with Crippen LogP contribution in [0.1, 0.15) is 9.67 Å². The lowest BCUT2D eigenvalue weighted by atomic mass is 9.99. The van der Waals surface area contributed by atoms with E-state index >= 15 is 0 Å². The Balaban J connectivity index is 2.23. The fourth-order valence-corrected chi connectivity index (χ4v) is 2.72. The van der Waals surface area contributed by atoms with Crippen LogP contribution in [0.5, 0.6) is 0 Å². The molecule has 25 heavy (non-hydrogen) atoms. The fourth-order valence-electron chi connectivity index (χ4n) is 2.08. The number of halogens is 3. The zero-order chi connectivity index (χ0) is 18.8. The number of ketones is 1. The summed E-state index contributed by atoms with van der Waals surface area (Å²) in [5.41, 5.74) is 0. The monoisotopic (exact) mass is 384 g/mol. The first-order valence-electron chi connectivity index (χ1n) is 6.99. The summed E-state index contributed by atoms with van der Waals surface area (Å²) >= 11 is 0.931. The molecule has 140 valence electrons. The molecule has 1 aromatic rings. The van der Waals surface area contributed by atoms with Crippen LogP contribution in [-0.2, 0) is 9.47 Å². The van der Waals surface area contributed by atoms with Crippen LogP contribution in [0.15, 0.2) is 29.3 Å². The molecule has 1 fully saturated rings. The van der Waals surface area contributed by atoms with Crippen molar-refractivity contribution in [1.29, 1.82) is 0 Å². The highest BCUT2D eigenvalue weighted by Crippen LogP contribution is 2.32. The Labute approximate surface area is 143 Å². The van der Waals surface area contributed by atoms with E-state index in [1.807, 2.05) is 0 Å². The smallest absolute Gasteiger partial charge is 0.449 e. The Morgan fingerprint density at radius 1 is 1.28 bits per heavy atom. The van der Waals surface area contributed by atoms with Gasteiger partial charge in [-0.15, -0.1) is 11.3 Å². The van der Waals surface area contributed by atoms with Gasteiger partial charge in [-0.25, -0.2) is 0 Å². The number of hydrogen-bond donors (Lipinski definition) is 4. The molecule has 1 aliphatic rings. The van der Waals surface area contributed by atoms with Crippen molar-refractivity contribution < 1.29 is 47.9 Å². The number of carbonyl (C=O) groups is 1. The molecule has 11 heteroatoms. The number of thiophene rings is 1. The molecule has 1 aromatic heterocycles. The largest absolute Gasteiger partial charge is 0.457 e. The number of aliphatic hydroxyl groups excluding tert-OH is 4. The van der Waals surface area contributed by atoms with Gasteiger partial charge in [0.05, 0.1) is 11.5 Å². The lowest BCUT2D eigenvalue weighted by molar-refractivity contribution is -0.302. The van der Waals surface area contributed by atoms with E-state index in [9.17, 15) is 33.3 Å². The second-order valence-corrected chi connectivity index (χ2v) is 6.11. The number of aliphatic hydroxyl groups is 4. The van der Waals surface area contributed by atoms with Crippen molar-refractivity contribution >= 4 is 17.1 Å². The van der Waals surface area contributed by atoms with Gasteiger partial charge in [0.2, 0.25) is 12.0 Å². The highest BCUT2D eigenvalue weighted by molar-refractivity contribution is 7.12. The first-order chi connectivity index (χ1) is 11.6. The van der Waals surface area contributed by atoms with Gasteiger partial charge in [-0.1, -0.05) is 6.07 Å². The summed E-state index contributed by atoms with van der Waals surface area (Å²) in [6, 6.07) is 2.81. The molecule has 1 saturated heterocycles. The van der Waals surface area contributed by atoms with Gasteiger partial charge in [0.1, 0.15) is 24.4 Å². The number of rotatable bonds is 5. The molecule has 0 spiro atoms. The van der Waals surface area contributed by atoms with E-state index in [0.29, 0.717) is 0 Å². The van der Waals surface area contributed by atoms with E-state index in [4.69, 9.17) is 9.84 Å². The average molecular weight is 384 g/mol. The summed E-state index contributed by atoms with van der Waals surface area (Å²) in [5, 5.41) is 39.4. The van der Waals surface area contributed by atoms with Crippen LogP contribution in [0.4, 0.5) is 13.2 Å². The normalized spacial score (nSPS) is 31.0. The van der Waals surface area contributed by atoms with Crippen molar-refractivity contribution in [3.8, 4) is 0 Å². The minimum atomic E-state index is -5.08. The third-order valence-electron chi connectivity index (χ3n) is 3.40. The minimum Gasteiger partial charge on any atom is -0.457 e. The summed E-state index contributed by atoms with van der Waals surface area (Å²) in [7, 11) is 0. The van der Waals surface area contributed by atoms with Crippen molar-refractivity contribution in [2.24, 2.45) is 0 Å². The molecule has 0 saturated carbocycles. The van der Waals surface area contributed by atoms with Gasteiger partial charge in [0, 0.05) is 6.08 Å². The molecule has 4 N–H and O–H groups in total. The van der Waals surface area contributed by atoms with E-state index in [1.165, 1.54) is 17.5 Å². The Bertz CT molecular complexity index is 614. The van der Waals surface area contributed by atoms with E-state index in [0.717, 1.165) is 11.3 Å². The van der Waals surface area contributed by atoms with Crippen molar-refractivity contribution in [3.05, 3.63) is 34.2 Å². The first-order valence-corrected chi connectivity index (χ1v) is 7.87. The predicted octanol–water partition coefficient (Wildman–Crippen LogP) is 0.193. The maximum absolute atomic E-state index is 13.1. The number of hydrogen-bond acceptors (Lipinski definition) is 8. The summed E-state index contributed by atoms with van der Waals surface area (Å²) in [4.78, 5) is 11.9. The Kier molecular flexibility index (Phi) is 6.19. The van der Waals surface area contributed by atoms with Gasteiger partial charge in [-0.3, -0.25) is 4.79 Å². The summed E-state index contributed by atoms with van der Waals surface area (Å²) in [6.45, 7) is -0.829. The molecular formula is C14H15F3O7S. The highest BCUT2D eigenvalue weighted by atomic mass is 32.1. The van der Waals surface area contributed by atoms with Gasteiger partial charge in [0.15, 0.2) is 5.78 Å². The number of alkyl halides is 3. The number of ether oxygens (including phenoxy) is 2. The molecule has 1 aliphatic heterocycles. The second-order valence-electron chi connectivity index (χ2n) is 5.16. The quantitative estimate of drug-likeness (QED) is 0.325. The molecular weight excluding hydrogens is 369 g/mol. The Morgan fingerprint density at radius 2 is 1.96 bits per heavy atom. The van der Waals surface area contributed by atoms with E-state index in [2.05, 4.69) is 4.74 Å². The van der Waals surface area contributed by atoms with Gasteiger partial charge in [-0.2, -0.15) is 13.2 Å². The molecule has 0 amide bonds. The summed E-state index contributed by atoms with van der Waals surface area (Å²) in [5.74, 6) is -2.71. The molecule has 0 aliphatic carbocycles. The molecule has 5 atom stereocenters. The van der Waals surface area contributed by atoms with E-state index in [1.54, 1.807) is 0 Å². The van der Waals surface area contributed by atoms with Gasteiger partial charge in [0.25, 0.3) is 0 Å². The van der Waals surface area contributed by atoms with Crippen LogP contribution in [0, 0.1) is 0 Å². The van der Waals surface area contributed by atoms with Crippen LogP contribution in [0.25, 0.3) is 0 Å². The minimum absolute atomic E-state index is 0.0409. The van der Waals surface area contributed by atoms with Crippen molar-refractivity contribution in [1.82, 2.24) is 0 Å². The highest BCUT2D eigenvalue weighted by Gasteiger charge is 2.47. The van der Waals surface area contributed by atoms with Crippen molar-refractivity contribution in [3.63, 3.8) is 0 Å². The molecule has 1 unspecified atom stereocenters. The maximum Gasteiger partial charge on any atom is 0.449 e. The van der Waals surface area contributed by atoms with Gasteiger partial charge >= 0.3 is 6.18 Å². The van der Waals surface area contributed by atoms with E-state index in [-0.39, 0.29) is 11.0 Å². The SMILES string of the molecule is O=C(C=C(OC1O[C@H](CO)[C@H](O)[C@H](O)[C@H]1O)C(F)(F)F)c1cccs1. The van der Waals surface area contributed by atoms with Crippen molar-refractivity contribution in [2.45, 2.75) is 36.9 Å². The lowest BCUT2D eigenvalue weighted by Crippen LogP contribution is -2.59. The average Bonchev–Trinajstić information content (AvgIpc) is 3.08. The van der Waals surface area contributed by atoms with E-state index < -0.39 is 55.0 Å².